The maximum absolute atomic E-state index is 5.08. The van der Waals surface area contributed by atoms with Crippen LogP contribution in [-0.4, -0.2) is 39.7 Å². The molecule has 1 aliphatic rings. The average molecular weight is 250 g/mol. The van der Waals surface area contributed by atoms with Gasteiger partial charge in [-0.2, -0.15) is 0 Å². The molecule has 0 radical (unpaired) electrons. The molecule has 0 saturated carbocycles. The van der Waals surface area contributed by atoms with Crippen molar-refractivity contribution in [2.75, 3.05) is 21.3 Å². The quantitative estimate of drug-likeness (QED) is 0.715. The Bertz CT molecular complexity index is 108. The lowest BCUT2D eigenvalue weighted by Gasteiger charge is -2.22. The second-order valence-corrected chi connectivity index (χ2v) is 9.19. The summed E-state index contributed by atoms with van der Waals surface area (Å²) in [6.45, 7) is 1.99. The third-order valence-electron chi connectivity index (χ3n) is 2.87. The topological polar surface area (TPSA) is 27.7 Å². The molecule has 0 atom stereocenters. The van der Waals surface area contributed by atoms with Crippen molar-refractivity contribution in [3.8, 4) is 0 Å². The van der Waals surface area contributed by atoms with Crippen LogP contribution in [0.25, 0.3) is 0 Å². The molecule has 5 heteroatoms. The Morgan fingerprint density at radius 3 is 1.47 bits per heavy atom. The van der Waals surface area contributed by atoms with E-state index in [1.807, 2.05) is 6.92 Å². The van der Waals surface area contributed by atoms with E-state index in [1.54, 1.807) is 46.3 Å². The van der Waals surface area contributed by atoms with Gasteiger partial charge in [-0.05, 0) is 0 Å². The van der Waals surface area contributed by atoms with Gasteiger partial charge in [0.05, 0.1) is 0 Å². The molecule has 1 rings (SSSR count). The Morgan fingerprint density at radius 2 is 1.40 bits per heavy atom. The van der Waals surface area contributed by atoms with Crippen LogP contribution in [-0.2, 0) is 13.3 Å². The normalized spacial score (nSPS) is 16.8. The monoisotopic (exact) mass is 250 g/mol. The first kappa shape index (κ1) is 15.3. The Morgan fingerprint density at radius 1 is 0.933 bits per heavy atom. The Balaban J connectivity index is 0.000000280. The van der Waals surface area contributed by atoms with Crippen LogP contribution >= 0.6 is 0 Å². The van der Waals surface area contributed by atoms with Gasteiger partial charge >= 0.3 is 8.80 Å². The molecule has 0 unspecified atom stereocenters. The largest absolute Gasteiger partial charge is 0.499 e. The minimum absolute atomic E-state index is 0.508. The predicted molar refractivity (Wildman–Crippen MR) is 69.3 cm³/mol. The van der Waals surface area contributed by atoms with Crippen molar-refractivity contribution in [2.45, 2.75) is 44.3 Å². The van der Waals surface area contributed by atoms with Crippen LogP contribution in [0.5, 0.6) is 0 Å². The van der Waals surface area contributed by atoms with Crippen LogP contribution in [0.2, 0.25) is 18.1 Å². The lowest BCUT2D eigenvalue weighted by molar-refractivity contribution is 0.125. The zero-order valence-corrected chi connectivity index (χ0v) is 13.1. The van der Waals surface area contributed by atoms with Crippen molar-refractivity contribution < 1.29 is 13.3 Å². The highest BCUT2D eigenvalue weighted by molar-refractivity contribution is 6.60. The summed E-state index contributed by atoms with van der Waals surface area (Å²) in [6.07, 6.45) is 4.66. The van der Waals surface area contributed by atoms with E-state index in [0.717, 1.165) is 6.04 Å². The van der Waals surface area contributed by atoms with E-state index in [4.69, 9.17) is 13.3 Å². The molecule has 1 aliphatic heterocycles. The minimum Gasteiger partial charge on any atom is -0.377 e. The molecule has 0 aliphatic carbocycles. The average Bonchev–Trinajstić information content (AvgIpc) is 2.36. The molecule has 0 bridgehead atoms. The number of hydrogen-bond donors (Lipinski definition) is 0. The van der Waals surface area contributed by atoms with Gasteiger partial charge in [0.1, 0.15) is 0 Å². The fraction of sp³-hybridized carbons (Fsp3) is 1.00. The van der Waals surface area contributed by atoms with E-state index < -0.39 is 8.80 Å². The van der Waals surface area contributed by atoms with E-state index in [9.17, 15) is 0 Å². The van der Waals surface area contributed by atoms with Gasteiger partial charge in [-0.1, -0.05) is 38.3 Å². The molecular formula is C10H26O3Si2. The van der Waals surface area contributed by atoms with Crippen LogP contribution in [0.1, 0.15) is 26.2 Å². The van der Waals surface area contributed by atoms with Gasteiger partial charge < -0.3 is 13.3 Å². The molecule has 0 aromatic heterocycles. The van der Waals surface area contributed by atoms with Gasteiger partial charge in [0.2, 0.25) is 0 Å². The molecule has 0 amide bonds. The molecule has 3 nitrogen and oxygen atoms in total. The van der Waals surface area contributed by atoms with Gasteiger partial charge in [0.25, 0.3) is 0 Å². The van der Waals surface area contributed by atoms with Crippen molar-refractivity contribution in [2.24, 2.45) is 0 Å². The lowest BCUT2D eigenvalue weighted by atomic mass is 10.3. The van der Waals surface area contributed by atoms with Crippen molar-refractivity contribution in [3.05, 3.63) is 0 Å². The van der Waals surface area contributed by atoms with Crippen molar-refractivity contribution >= 4 is 18.3 Å². The van der Waals surface area contributed by atoms with Gasteiger partial charge in [-0.15, -0.1) is 0 Å². The van der Waals surface area contributed by atoms with Crippen LogP contribution in [0, 0.1) is 0 Å². The molecule has 1 heterocycles. The molecule has 92 valence electrons. The van der Waals surface area contributed by atoms with Crippen LogP contribution < -0.4 is 0 Å². The van der Waals surface area contributed by atoms with Crippen molar-refractivity contribution in [3.63, 3.8) is 0 Å². The zero-order valence-electron chi connectivity index (χ0n) is 10.7. The standard InChI is InChI=1S/C5H14O3Si.C5H12Si/c1-5-9(6-2,7-3)8-4;1-2-4-6-5-3-1/h5H2,1-4H3;1-6H2. The summed E-state index contributed by atoms with van der Waals surface area (Å²) >= 11 is 0. The highest BCUT2D eigenvalue weighted by Gasteiger charge is 2.34. The van der Waals surface area contributed by atoms with Crippen LogP contribution in [0.3, 0.4) is 0 Å². The first-order valence-electron chi connectivity index (χ1n) is 5.90. The third-order valence-corrected chi connectivity index (χ3v) is 7.60. The SMILES string of the molecule is C1CC[SiH2]CC1.CC[Si](OC)(OC)OC. The zero-order chi connectivity index (χ0) is 11.6. The van der Waals surface area contributed by atoms with Crippen LogP contribution in [0.4, 0.5) is 0 Å². The molecule has 0 aromatic rings. The van der Waals surface area contributed by atoms with E-state index in [0.29, 0.717) is 9.52 Å². The van der Waals surface area contributed by atoms with E-state index in [-0.39, 0.29) is 0 Å². The number of hydrogen-bond acceptors (Lipinski definition) is 3. The minimum atomic E-state index is -2.19. The Kier molecular flexibility index (Phi) is 9.73. The van der Waals surface area contributed by atoms with Crippen LogP contribution in [0.15, 0.2) is 0 Å². The highest BCUT2D eigenvalue weighted by Crippen LogP contribution is 2.11. The summed E-state index contributed by atoms with van der Waals surface area (Å²) in [4.78, 5) is 0. The molecule has 1 saturated heterocycles. The first-order chi connectivity index (χ1) is 7.24. The Labute approximate surface area is 97.7 Å². The molecule has 0 N–H and O–H groups in total. The molecular weight excluding hydrogens is 224 g/mol. The second-order valence-electron chi connectivity index (χ2n) is 3.77. The highest BCUT2D eigenvalue weighted by atomic mass is 28.4. The third kappa shape index (κ3) is 6.47. The summed E-state index contributed by atoms with van der Waals surface area (Å²) in [6, 6.07) is 4.09. The predicted octanol–water partition coefficient (Wildman–Crippen LogP) is 2.06. The Hall–Kier alpha value is 0.314. The first-order valence-corrected chi connectivity index (χ1v) is 9.83. The van der Waals surface area contributed by atoms with Gasteiger partial charge in [0.15, 0.2) is 0 Å². The summed E-state index contributed by atoms with van der Waals surface area (Å²) in [5.41, 5.74) is 0. The fourth-order valence-corrected chi connectivity index (χ4v) is 4.88. The molecule has 0 aromatic carbocycles. The van der Waals surface area contributed by atoms with Gasteiger partial charge in [-0.3, -0.25) is 0 Å². The van der Waals surface area contributed by atoms with E-state index >= 15 is 0 Å². The summed E-state index contributed by atoms with van der Waals surface area (Å²) in [7, 11) is 3.16. The smallest absolute Gasteiger partial charge is 0.377 e. The maximum atomic E-state index is 5.08. The van der Waals surface area contributed by atoms with Crippen molar-refractivity contribution in [1.29, 1.82) is 0 Å². The van der Waals surface area contributed by atoms with E-state index in [2.05, 4.69) is 0 Å². The maximum Gasteiger partial charge on any atom is 0.499 e. The summed E-state index contributed by atoms with van der Waals surface area (Å²) < 4.78 is 15.2. The number of rotatable bonds is 4. The van der Waals surface area contributed by atoms with Crippen molar-refractivity contribution in [1.82, 2.24) is 0 Å². The molecule has 15 heavy (non-hydrogen) atoms. The molecule has 1 fully saturated rings. The molecule has 0 spiro atoms. The second kappa shape index (κ2) is 9.53. The fourth-order valence-electron chi connectivity index (χ4n) is 1.74. The summed E-state index contributed by atoms with van der Waals surface area (Å²) in [5.74, 6) is 0. The lowest BCUT2D eigenvalue weighted by Crippen LogP contribution is -2.41. The van der Waals surface area contributed by atoms with Gasteiger partial charge in [-0.25, -0.2) is 0 Å². The van der Waals surface area contributed by atoms with E-state index in [1.165, 1.54) is 6.42 Å². The summed E-state index contributed by atoms with van der Waals surface area (Å²) in [5, 5.41) is 0. The van der Waals surface area contributed by atoms with Gasteiger partial charge in [0, 0.05) is 36.9 Å².